The summed E-state index contributed by atoms with van der Waals surface area (Å²) >= 11 is 2.28. The van der Waals surface area contributed by atoms with Crippen molar-refractivity contribution in [1.82, 2.24) is 9.80 Å². The lowest BCUT2D eigenvalue weighted by atomic mass is 9.48. The van der Waals surface area contributed by atoms with E-state index in [9.17, 15) is 0 Å². The molecule has 5 aliphatic heterocycles. The van der Waals surface area contributed by atoms with Crippen LogP contribution in [0, 0.1) is 23.2 Å². The zero-order valence-corrected chi connectivity index (χ0v) is 32.2. The molecular weight excluding hydrogens is 617 g/mol. The van der Waals surface area contributed by atoms with Gasteiger partial charge in [-0.05, 0) is 117 Å². The molecule has 8 aliphatic rings. The number of hydrogen-bond donors (Lipinski definition) is 0. The summed E-state index contributed by atoms with van der Waals surface area (Å²) in [5.41, 5.74) is 11.1. The molecule has 1 aromatic rings. The fraction of sp³-hybridized carbons (Fsp3) is 0.545. The molecule has 8 unspecified atom stereocenters. The Hall–Kier alpha value is -2.43. The molecule has 3 aliphatic carbocycles. The van der Waals surface area contributed by atoms with Crippen molar-refractivity contribution < 1.29 is 0 Å². The zero-order chi connectivity index (χ0) is 33.2. The van der Waals surface area contributed by atoms with Gasteiger partial charge >= 0.3 is 0 Å². The average Bonchev–Trinajstić information content (AvgIpc) is 3.65. The highest BCUT2D eigenvalue weighted by Crippen LogP contribution is 2.69. The molecule has 8 atom stereocenters. The van der Waals surface area contributed by atoms with E-state index < -0.39 is 8.07 Å². The lowest BCUT2D eigenvalue weighted by Gasteiger charge is -2.69. The molecule has 0 N–H and O–H groups in total. The fourth-order valence-corrected chi connectivity index (χ4v) is 15.3. The van der Waals surface area contributed by atoms with Crippen LogP contribution in [0.25, 0.3) is 5.70 Å². The molecule has 1 aromatic carbocycles. The highest BCUT2D eigenvalue weighted by molar-refractivity contribution is 8.01. The number of hydrogen-bond acceptors (Lipinski definition) is 3. The highest BCUT2D eigenvalue weighted by Gasteiger charge is 2.66. The summed E-state index contributed by atoms with van der Waals surface area (Å²) in [4.78, 5) is 5.93. The summed E-state index contributed by atoms with van der Waals surface area (Å²) in [6.45, 7) is 17.9. The number of fused-ring (bicyclic) bond motifs is 10. The first-order valence-electron chi connectivity index (χ1n) is 19.2. The minimum absolute atomic E-state index is 0.0106. The van der Waals surface area contributed by atoms with Crippen molar-refractivity contribution in [2.45, 2.75) is 127 Å². The molecule has 0 spiro atoms. The van der Waals surface area contributed by atoms with Crippen molar-refractivity contribution >= 4 is 25.5 Å². The SMILES string of the molecule is CC(C)CC1CC2C3=C(C=CCC3)C3(C)C=C(C4c5ccccc5C5=CCC6CC(C7=CCCC=C7)SC6N54)C3(C)N2C=C1[Si](C)(C)C. The first kappa shape index (κ1) is 31.5. The third-order valence-corrected chi connectivity index (χ3v) is 17.7. The lowest BCUT2D eigenvalue weighted by molar-refractivity contribution is 0.00717. The molecule has 5 heterocycles. The Balaban J connectivity index is 1.19. The molecule has 0 amide bonds. The number of nitrogens with zero attached hydrogens (tertiary/aromatic N) is 2. The third-order valence-electron chi connectivity index (χ3n) is 13.8. The molecule has 252 valence electrons. The first-order valence-corrected chi connectivity index (χ1v) is 23.7. The predicted octanol–water partition coefficient (Wildman–Crippen LogP) is 11.4. The first-order chi connectivity index (χ1) is 23.0. The van der Waals surface area contributed by atoms with E-state index in [1.54, 1.807) is 27.9 Å². The Bertz CT molecular complexity index is 1760. The van der Waals surface area contributed by atoms with Crippen molar-refractivity contribution in [3.8, 4) is 0 Å². The Morgan fingerprint density at radius 1 is 0.979 bits per heavy atom. The van der Waals surface area contributed by atoms with Gasteiger partial charge in [-0.2, -0.15) is 0 Å². The minimum atomic E-state index is -1.54. The third kappa shape index (κ3) is 4.36. The van der Waals surface area contributed by atoms with E-state index in [-0.39, 0.29) is 11.0 Å². The van der Waals surface area contributed by atoms with Crippen molar-refractivity contribution in [1.29, 1.82) is 0 Å². The van der Waals surface area contributed by atoms with Crippen LogP contribution in [-0.2, 0) is 0 Å². The molecule has 1 fully saturated rings. The smallest absolute Gasteiger partial charge is 0.0798 e. The molecule has 2 nitrogen and oxygen atoms in total. The highest BCUT2D eigenvalue weighted by atomic mass is 32.2. The van der Waals surface area contributed by atoms with Crippen LogP contribution in [0.1, 0.15) is 96.2 Å². The summed E-state index contributed by atoms with van der Waals surface area (Å²) in [6, 6.07) is 10.3. The molecular formula is C44H56N2SSi. The maximum Gasteiger partial charge on any atom is 0.0798 e. The van der Waals surface area contributed by atoms with Gasteiger partial charge in [0.05, 0.1) is 31.1 Å². The number of thioether (sulfide) groups is 1. The van der Waals surface area contributed by atoms with Crippen LogP contribution >= 0.6 is 11.8 Å². The quantitative estimate of drug-likeness (QED) is 0.227. The number of rotatable bonds is 5. The molecule has 9 rings (SSSR count). The van der Waals surface area contributed by atoms with E-state index in [1.807, 2.05) is 5.20 Å². The van der Waals surface area contributed by atoms with E-state index in [4.69, 9.17) is 0 Å². The number of benzene rings is 1. The zero-order valence-electron chi connectivity index (χ0n) is 30.4. The topological polar surface area (TPSA) is 6.48 Å². The minimum Gasteiger partial charge on any atom is -0.361 e. The van der Waals surface area contributed by atoms with Crippen LogP contribution < -0.4 is 0 Å². The van der Waals surface area contributed by atoms with Gasteiger partial charge in [0, 0.05) is 21.9 Å². The Kier molecular flexibility index (Phi) is 7.25. The van der Waals surface area contributed by atoms with E-state index in [1.165, 1.54) is 62.6 Å². The van der Waals surface area contributed by atoms with Crippen molar-refractivity contribution in [2.24, 2.45) is 23.2 Å². The van der Waals surface area contributed by atoms with E-state index in [0.29, 0.717) is 34.5 Å². The van der Waals surface area contributed by atoms with Gasteiger partial charge in [-0.25, -0.2) is 0 Å². The second-order valence-electron chi connectivity index (χ2n) is 18.0. The van der Waals surface area contributed by atoms with E-state index in [2.05, 4.69) is 142 Å². The maximum atomic E-state index is 2.98. The van der Waals surface area contributed by atoms with Gasteiger partial charge in [-0.1, -0.05) is 105 Å². The molecule has 4 heteroatoms. The molecule has 0 aromatic heterocycles. The molecule has 0 bridgehead atoms. The fourth-order valence-electron chi connectivity index (χ4n) is 11.5. The Morgan fingerprint density at radius 3 is 2.56 bits per heavy atom. The average molecular weight is 673 g/mol. The van der Waals surface area contributed by atoms with Crippen LogP contribution in [0.3, 0.4) is 0 Å². The Morgan fingerprint density at radius 2 is 1.79 bits per heavy atom. The summed E-state index contributed by atoms with van der Waals surface area (Å²) in [5, 5.41) is 2.95. The van der Waals surface area contributed by atoms with E-state index >= 15 is 0 Å². The van der Waals surface area contributed by atoms with Crippen LogP contribution in [-0.4, -0.2) is 40.1 Å². The standard InChI is InChI=1S/C44H56N2SSi/c1-28(2)23-31-24-38-34-19-13-14-20-35(34)43(3)26-36(44(43,4)45(38)27-40(31)48(5,6)7)41-33-18-12-11-17-32(33)37-22-21-30-25-39(47-42(30)46(37)41)29-15-9-8-10-16-29/h9,11-12,14-18,20,22,26-28,30-31,38-39,41-42H,8,10,13,19,21,23-25H2,1-7H3. The van der Waals surface area contributed by atoms with Crippen LogP contribution in [0.4, 0.5) is 0 Å². The second-order valence-corrected chi connectivity index (χ2v) is 24.4. The molecule has 0 saturated carbocycles. The van der Waals surface area contributed by atoms with E-state index in [0.717, 1.165) is 5.92 Å². The van der Waals surface area contributed by atoms with Crippen molar-refractivity contribution in [3.05, 3.63) is 112 Å². The second kappa shape index (κ2) is 11.0. The summed E-state index contributed by atoms with van der Waals surface area (Å²) in [7, 11) is -1.54. The maximum absolute atomic E-state index is 2.98. The summed E-state index contributed by atoms with van der Waals surface area (Å²) in [5.74, 6) is 2.14. The van der Waals surface area contributed by atoms with Crippen LogP contribution in [0.2, 0.25) is 19.6 Å². The predicted molar refractivity (Wildman–Crippen MR) is 208 cm³/mol. The largest absolute Gasteiger partial charge is 0.361 e. The monoisotopic (exact) mass is 672 g/mol. The summed E-state index contributed by atoms with van der Waals surface area (Å²) in [6.07, 6.45) is 30.6. The van der Waals surface area contributed by atoms with Crippen molar-refractivity contribution in [3.63, 3.8) is 0 Å². The molecule has 48 heavy (non-hydrogen) atoms. The lowest BCUT2D eigenvalue weighted by Crippen LogP contribution is -2.70. The Labute approximate surface area is 295 Å². The van der Waals surface area contributed by atoms with Gasteiger partial charge in [-0.3, -0.25) is 0 Å². The van der Waals surface area contributed by atoms with Gasteiger partial charge in [0.15, 0.2) is 0 Å². The molecule has 1 saturated heterocycles. The normalized spacial score (nSPS) is 37.8. The number of allylic oxidation sites excluding steroid dienone is 7. The molecule has 0 radical (unpaired) electrons. The van der Waals surface area contributed by atoms with Gasteiger partial charge < -0.3 is 9.80 Å². The van der Waals surface area contributed by atoms with Gasteiger partial charge in [0.2, 0.25) is 0 Å². The van der Waals surface area contributed by atoms with Gasteiger partial charge in [0.1, 0.15) is 0 Å². The van der Waals surface area contributed by atoms with Crippen LogP contribution in [0.15, 0.2) is 100 Å². The van der Waals surface area contributed by atoms with Gasteiger partial charge in [0.25, 0.3) is 0 Å². The van der Waals surface area contributed by atoms with Crippen LogP contribution in [0.5, 0.6) is 0 Å². The van der Waals surface area contributed by atoms with Crippen molar-refractivity contribution in [2.75, 3.05) is 0 Å². The van der Waals surface area contributed by atoms with Gasteiger partial charge in [-0.15, -0.1) is 11.8 Å². The summed E-state index contributed by atoms with van der Waals surface area (Å²) < 4.78 is 0.